The Morgan fingerprint density at radius 2 is 1.89 bits per heavy atom. The first-order valence-electron chi connectivity index (χ1n) is 6.52. The van der Waals surface area contributed by atoms with Crippen LogP contribution in [0, 0.1) is 0 Å². The van der Waals surface area contributed by atoms with Gasteiger partial charge in [0, 0.05) is 6.61 Å². The Labute approximate surface area is 109 Å². The van der Waals surface area contributed by atoms with Gasteiger partial charge in [0.15, 0.2) is 0 Å². The van der Waals surface area contributed by atoms with Crippen molar-refractivity contribution >= 4 is 5.97 Å². The van der Waals surface area contributed by atoms with Crippen molar-refractivity contribution < 1.29 is 14.3 Å². The molecular weight excluding hydrogens is 228 g/mol. The maximum atomic E-state index is 12.0. The van der Waals surface area contributed by atoms with E-state index in [1.54, 1.807) is 0 Å². The molecule has 0 bridgehead atoms. The van der Waals surface area contributed by atoms with Gasteiger partial charge in [0.1, 0.15) is 6.61 Å². The molecule has 0 aromatic heterocycles. The van der Waals surface area contributed by atoms with E-state index in [1.807, 2.05) is 51.1 Å². The maximum Gasteiger partial charge on any atom is 0.313 e. The van der Waals surface area contributed by atoms with Crippen LogP contribution in [0.1, 0.15) is 38.7 Å². The molecule has 0 aliphatic heterocycles. The largest absolute Gasteiger partial charge is 0.462 e. The van der Waals surface area contributed by atoms with Gasteiger partial charge in [-0.1, -0.05) is 37.3 Å². The maximum absolute atomic E-state index is 12.0. The number of carbonyl (C=O) groups excluding carboxylic acids is 1. The Balaban J connectivity index is 2.53. The lowest BCUT2D eigenvalue weighted by Gasteiger charge is -2.17. The zero-order valence-corrected chi connectivity index (χ0v) is 11.4. The Morgan fingerprint density at radius 1 is 1.22 bits per heavy atom. The summed E-state index contributed by atoms with van der Waals surface area (Å²) in [5, 5.41) is 0. The van der Waals surface area contributed by atoms with Crippen LogP contribution in [0.3, 0.4) is 0 Å². The molecule has 0 fully saturated rings. The van der Waals surface area contributed by atoms with E-state index in [0.717, 1.165) is 12.0 Å². The van der Waals surface area contributed by atoms with E-state index in [2.05, 4.69) is 0 Å². The summed E-state index contributed by atoms with van der Waals surface area (Å²) in [4.78, 5) is 12.0. The van der Waals surface area contributed by atoms with E-state index in [-0.39, 0.29) is 18.0 Å². The third-order valence-corrected chi connectivity index (χ3v) is 2.81. The molecule has 1 aromatic carbocycles. The third-order valence-electron chi connectivity index (χ3n) is 2.81. The number of carbonyl (C=O) groups is 1. The smallest absolute Gasteiger partial charge is 0.313 e. The molecule has 100 valence electrons. The van der Waals surface area contributed by atoms with Crippen LogP contribution in [0.5, 0.6) is 0 Å². The first-order chi connectivity index (χ1) is 8.69. The van der Waals surface area contributed by atoms with Crippen molar-refractivity contribution in [3.05, 3.63) is 35.9 Å². The Kier molecular flexibility index (Phi) is 6.44. The topological polar surface area (TPSA) is 35.5 Å². The van der Waals surface area contributed by atoms with Gasteiger partial charge in [0.05, 0.1) is 12.0 Å². The highest BCUT2D eigenvalue weighted by molar-refractivity contribution is 5.78. The van der Waals surface area contributed by atoms with Gasteiger partial charge in [-0.3, -0.25) is 4.79 Å². The van der Waals surface area contributed by atoms with Crippen LogP contribution in [0.15, 0.2) is 30.3 Å². The summed E-state index contributed by atoms with van der Waals surface area (Å²) in [5.41, 5.74) is 1.01. The minimum absolute atomic E-state index is 0.0489. The van der Waals surface area contributed by atoms with E-state index in [9.17, 15) is 4.79 Å². The molecule has 2 unspecified atom stereocenters. The number of benzene rings is 1. The van der Waals surface area contributed by atoms with Crippen molar-refractivity contribution in [3.63, 3.8) is 0 Å². The second kappa shape index (κ2) is 7.88. The molecule has 0 saturated carbocycles. The predicted molar refractivity (Wildman–Crippen MR) is 71.5 cm³/mol. The molecule has 0 heterocycles. The minimum atomic E-state index is -0.181. The Hall–Kier alpha value is -1.35. The summed E-state index contributed by atoms with van der Waals surface area (Å²) in [6.45, 7) is 6.77. The molecule has 1 rings (SSSR count). The van der Waals surface area contributed by atoms with Gasteiger partial charge in [-0.15, -0.1) is 0 Å². The fourth-order valence-corrected chi connectivity index (χ4v) is 1.86. The summed E-state index contributed by atoms with van der Waals surface area (Å²) in [6.07, 6.45) is 0.693. The van der Waals surface area contributed by atoms with Crippen LogP contribution in [0.2, 0.25) is 0 Å². The minimum Gasteiger partial charge on any atom is -0.462 e. The molecule has 0 N–H and O–H groups in total. The van der Waals surface area contributed by atoms with Crippen molar-refractivity contribution in [2.45, 2.75) is 39.2 Å². The van der Waals surface area contributed by atoms with E-state index in [1.165, 1.54) is 0 Å². The first-order valence-corrected chi connectivity index (χ1v) is 6.52. The lowest BCUT2D eigenvalue weighted by molar-refractivity contribution is -0.149. The number of esters is 1. The molecule has 0 radical (unpaired) electrons. The van der Waals surface area contributed by atoms with Crippen molar-refractivity contribution in [3.8, 4) is 0 Å². The summed E-state index contributed by atoms with van der Waals surface area (Å²) in [5.74, 6) is -0.352. The van der Waals surface area contributed by atoms with Gasteiger partial charge < -0.3 is 9.47 Å². The molecule has 3 heteroatoms. The molecule has 0 aliphatic carbocycles. The summed E-state index contributed by atoms with van der Waals surface area (Å²) >= 11 is 0. The lowest BCUT2D eigenvalue weighted by atomic mass is 9.97. The van der Waals surface area contributed by atoms with Crippen molar-refractivity contribution in [2.75, 3.05) is 13.2 Å². The molecule has 0 saturated heterocycles. The van der Waals surface area contributed by atoms with Crippen molar-refractivity contribution in [1.29, 1.82) is 0 Å². The molecule has 2 atom stereocenters. The molecule has 0 aliphatic rings. The normalized spacial score (nSPS) is 13.9. The number of hydrogen-bond donors (Lipinski definition) is 0. The summed E-state index contributed by atoms with van der Waals surface area (Å²) in [7, 11) is 0. The molecule has 0 amide bonds. The SMILES string of the molecule is CCOC(C)COC(=O)C(CC)c1ccccc1. The number of rotatable bonds is 7. The fraction of sp³-hybridized carbons (Fsp3) is 0.533. The third kappa shape index (κ3) is 4.49. The van der Waals surface area contributed by atoms with Gasteiger partial charge >= 0.3 is 5.97 Å². The number of hydrogen-bond acceptors (Lipinski definition) is 3. The van der Waals surface area contributed by atoms with E-state index in [4.69, 9.17) is 9.47 Å². The van der Waals surface area contributed by atoms with Gasteiger partial charge in [0.25, 0.3) is 0 Å². The Morgan fingerprint density at radius 3 is 2.44 bits per heavy atom. The molecule has 18 heavy (non-hydrogen) atoms. The zero-order valence-electron chi connectivity index (χ0n) is 11.4. The molecule has 3 nitrogen and oxygen atoms in total. The fourth-order valence-electron chi connectivity index (χ4n) is 1.86. The van der Waals surface area contributed by atoms with E-state index in [0.29, 0.717) is 13.2 Å². The quantitative estimate of drug-likeness (QED) is 0.697. The Bertz CT molecular complexity index is 348. The summed E-state index contributed by atoms with van der Waals surface area (Å²) in [6, 6.07) is 9.74. The molecule has 0 spiro atoms. The highest BCUT2D eigenvalue weighted by atomic mass is 16.6. The number of ether oxygens (including phenoxy) is 2. The first kappa shape index (κ1) is 14.7. The predicted octanol–water partition coefficient (Wildman–Crippen LogP) is 3.15. The van der Waals surface area contributed by atoms with E-state index >= 15 is 0 Å². The highest BCUT2D eigenvalue weighted by Gasteiger charge is 2.20. The van der Waals surface area contributed by atoms with Gasteiger partial charge in [-0.05, 0) is 25.8 Å². The summed E-state index contributed by atoms with van der Waals surface area (Å²) < 4.78 is 10.6. The van der Waals surface area contributed by atoms with Gasteiger partial charge in [-0.25, -0.2) is 0 Å². The van der Waals surface area contributed by atoms with Gasteiger partial charge in [0.2, 0.25) is 0 Å². The lowest BCUT2D eigenvalue weighted by Crippen LogP contribution is -2.22. The molecular formula is C15H22O3. The van der Waals surface area contributed by atoms with E-state index < -0.39 is 0 Å². The monoisotopic (exact) mass is 250 g/mol. The van der Waals surface area contributed by atoms with Gasteiger partial charge in [-0.2, -0.15) is 0 Å². The van der Waals surface area contributed by atoms with Crippen molar-refractivity contribution in [2.24, 2.45) is 0 Å². The average molecular weight is 250 g/mol. The standard InChI is InChI=1S/C15H22O3/c1-4-14(13-9-7-6-8-10-13)15(16)18-11-12(3)17-5-2/h6-10,12,14H,4-5,11H2,1-3H3. The van der Waals surface area contributed by atoms with Crippen LogP contribution in [0.4, 0.5) is 0 Å². The van der Waals surface area contributed by atoms with Crippen molar-refractivity contribution in [1.82, 2.24) is 0 Å². The zero-order chi connectivity index (χ0) is 13.4. The molecule has 1 aromatic rings. The average Bonchev–Trinajstić information content (AvgIpc) is 2.39. The van der Waals surface area contributed by atoms with Crippen LogP contribution in [-0.2, 0) is 14.3 Å². The van der Waals surface area contributed by atoms with Crippen LogP contribution in [-0.4, -0.2) is 25.3 Å². The highest BCUT2D eigenvalue weighted by Crippen LogP contribution is 2.20. The second-order valence-corrected chi connectivity index (χ2v) is 4.27. The van der Waals surface area contributed by atoms with Crippen LogP contribution < -0.4 is 0 Å². The van der Waals surface area contributed by atoms with Crippen LogP contribution >= 0.6 is 0 Å². The second-order valence-electron chi connectivity index (χ2n) is 4.27. The van der Waals surface area contributed by atoms with Crippen LogP contribution in [0.25, 0.3) is 0 Å².